The van der Waals surface area contributed by atoms with Crippen molar-refractivity contribution in [3.8, 4) is 0 Å². The Morgan fingerprint density at radius 1 is 0.857 bits per heavy atom. The molecule has 5 heteroatoms. The summed E-state index contributed by atoms with van der Waals surface area (Å²) < 4.78 is 0. The van der Waals surface area contributed by atoms with Crippen LogP contribution < -0.4 is 5.32 Å². The van der Waals surface area contributed by atoms with E-state index >= 15 is 0 Å². The molecule has 1 heterocycles. The maximum atomic E-state index is 6.14. The lowest BCUT2D eigenvalue weighted by Crippen LogP contribution is -2.02. The summed E-state index contributed by atoms with van der Waals surface area (Å²) in [5, 5.41) is 5.78. The predicted molar refractivity (Wildman–Crippen MR) is 90.5 cm³/mol. The zero-order valence-corrected chi connectivity index (χ0v) is 13.2. The molecule has 1 aromatic heterocycles. The van der Waals surface area contributed by atoms with Gasteiger partial charge >= 0.3 is 0 Å². The van der Waals surface area contributed by atoms with Crippen LogP contribution in [0.15, 0.2) is 48.5 Å². The summed E-state index contributed by atoms with van der Waals surface area (Å²) in [4.78, 5) is 4.60. The largest absolute Gasteiger partial charge is 0.378 e. The van der Waals surface area contributed by atoms with E-state index in [1.807, 2.05) is 30.3 Å². The van der Waals surface area contributed by atoms with Crippen molar-refractivity contribution in [3.63, 3.8) is 0 Å². The molecule has 1 N–H and O–H groups in total. The second kappa shape index (κ2) is 6.10. The topological polar surface area (TPSA) is 24.9 Å². The Bertz CT molecular complexity index is 803. The van der Waals surface area contributed by atoms with Gasteiger partial charge in [0, 0.05) is 5.39 Å². The van der Waals surface area contributed by atoms with E-state index < -0.39 is 0 Å². The number of rotatable bonds is 3. The van der Waals surface area contributed by atoms with E-state index in [0.29, 0.717) is 21.6 Å². The molecule has 0 unspecified atom stereocenters. The van der Waals surface area contributed by atoms with E-state index in [-0.39, 0.29) is 0 Å². The van der Waals surface area contributed by atoms with Crippen LogP contribution >= 0.6 is 34.8 Å². The molecule has 0 spiro atoms. The number of hydrogen-bond donors (Lipinski definition) is 1. The van der Waals surface area contributed by atoms with Gasteiger partial charge in [0.15, 0.2) is 0 Å². The minimum atomic E-state index is 0.441. The van der Waals surface area contributed by atoms with Gasteiger partial charge in [0.1, 0.15) is 0 Å². The Morgan fingerprint density at radius 3 is 2.48 bits per heavy atom. The first kappa shape index (κ1) is 14.5. The first-order valence-electron chi connectivity index (χ1n) is 6.36. The van der Waals surface area contributed by atoms with Crippen LogP contribution in [-0.4, -0.2) is 4.98 Å². The maximum absolute atomic E-state index is 6.14. The fourth-order valence-electron chi connectivity index (χ4n) is 2.05. The summed E-state index contributed by atoms with van der Waals surface area (Å²) in [6, 6.07) is 15.4. The molecule has 2 nitrogen and oxygen atoms in total. The normalized spacial score (nSPS) is 10.8. The smallest absolute Gasteiger partial charge is 0.0706 e. The highest BCUT2D eigenvalue weighted by molar-refractivity contribution is 6.44. The molecular formula is C16H11Cl3N2. The Balaban J connectivity index is 1.81. The van der Waals surface area contributed by atoms with Gasteiger partial charge in [-0.2, -0.15) is 0 Å². The Hall–Kier alpha value is -1.48. The van der Waals surface area contributed by atoms with Gasteiger partial charge in [0.25, 0.3) is 0 Å². The molecule has 0 aliphatic carbocycles. The van der Waals surface area contributed by atoms with Crippen molar-refractivity contribution in [3.05, 3.63) is 69.3 Å². The van der Waals surface area contributed by atoms with Gasteiger partial charge in [-0.1, -0.05) is 59.1 Å². The van der Waals surface area contributed by atoms with Crippen LogP contribution in [0.3, 0.4) is 0 Å². The number of halogens is 3. The molecule has 0 aliphatic rings. The molecular weight excluding hydrogens is 327 g/mol. The third-order valence-corrected chi connectivity index (χ3v) is 4.16. The van der Waals surface area contributed by atoms with Gasteiger partial charge in [-0.05, 0) is 24.3 Å². The number of benzene rings is 2. The van der Waals surface area contributed by atoms with Crippen molar-refractivity contribution in [2.45, 2.75) is 6.54 Å². The molecule has 0 aliphatic heterocycles. The summed E-state index contributed by atoms with van der Waals surface area (Å²) in [5.41, 5.74) is 2.63. The second-order valence-electron chi connectivity index (χ2n) is 4.60. The van der Waals surface area contributed by atoms with Crippen LogP contribution in [0.1, 0.15) is 5.69 Å². The van der Waals surface area contributed by atoms with Gasteiger partial charge < -0.3 is 5.32 Å². The van der Waals surface area contributed by atoms with Crippen molar-refractivity contribution in [1.29, 1.82) is 0 Å². The van der Waals surface area contributed by atoms with Crippen LogP contribution in [-0.2, 0) is 6.54 Å². The molecule has 2 aromatic carbocycles. The molecule has 3 rings (SSSR count). The van der Waals surface area contributed by atoms with Crippen LogP contribution in [0.5, 0.6) is 0 Å². The fourth-order valence-corrected chi connectivity index (χ4v) is 2.66. The molecule has 0 bridgehead atoms. The quantitative estimate of drug-likeness (QED) is 0.610. The fraction of sp³-hybridized carbons (Fsp3) is 0.0625. The average molecular weight is 338 g/mol. The van der Waals surface area contributed by atoms with Crippen molar-refractivity contribution in [2.24, 2.45) is 0 Å². The standard InChI is InChI=1S/C16H11Cl3N2/c17-12-7-14(19)16(8-13(12)18)20-9-11-6-5-10-3-1-2-4-15(10)21-11/h1-8,20H,9H2. The van der Waals surface area contributed by atoms with Crippen molar-refractivity contribution in [2.75, 3.05) is 5.32 Å². The van der Waals surface area contributed by atoms with Gasteiger partial charge in [-0.3, -0.25) is 4.98 Å². The summed E-state index contributed by atoms with van der Waals surface area (Å²) in [6.45, 7) is 0.558. The van der Waals surface area contributed by atoms with Gasteiger partial charge in [0.05, 0.1) is 38.5 Å². The zero-order valence-electron chi connectivity index (χ0n) is 10.9. The maximum Gasteiger partial charge on any atom is 0.0706 e. The summed E-state index contributed by atoms with van der Waals surface area (Å²) >= 11 is 18.0. The van der Waals surface area contributed by atoms with E-state index in [1.54, 1.807) is 12.1 Å². The molecule has 0 atom stereocenters. The molecule has 0 saturated heterocycles. The zero-order chi connectivity index (χ0) is 14.8. The van der Waals surface area contributed by atoms with Crippen molar-refractivity contribution >= 4 is 51.4 Å². The van der Waals surface area contributed by atoms with Crippen molar-refractivity contribution in [1.82, 2.24) is 4.98 Å². The van der Waals surface area contributed by atoms with Crippen LogP contribution in [0.25, 0.3) is 10.9 Å². The number of pyridine rings is 1. The molecule has 3 aromatic rings. The third kappa shape index (κ3) is 3.24. The number of para-hydroxylation sites is 1. The first-order valence-corrected chi connectivity index (χ1v) is 7.50. The minimum absolute atomic E-state index is 0.441. The van der Waals surface area contributed by atoms with E-state index in [9.17, 15) is 0 Å². The number of fused-ring (bicyclic) bond motifs is 1. The molecule has 0 radical (unpaired) electrons. The lowest BCUT2D eigenvalue weighted by atomic mass is 10.2. The van der Waals surface area contributed by atoms with Gasteiger partial charge in [0.2, 0.25) is 0 Å². The number of nitrogens with zero attached hydrogens (tertiary/aromatic N) is 1. The first-order chi connectivity index (χ1) is 10.1. The molecule has 21 heavy (non-hydrogen) atoms. The number of aromatic nitrogens is 1. The van der Waals surface area contributed by atoms with Crippen LogP contribution in [0, 0.1) is 0 Å². The van der Waals surface area contributed by atoms with E-state index in [0.717, 1.165) is 22.3 Å². The SMILES string of the molecule is Clc1cc(Cl)c(NCc2ccc3ccccc3n2)cc1Cl. The Kier molecular flexibility index (Phi) is 4.20. The summed E-state index contributed by atoms with van der Waals surface area (Å²) in [6.07, 6.45) is 0. The minimum Gasteiger partial charge on any atom is -0.378 e. The highest BCUT2D eigenvalue weighted by Crippen LogP contribution is 2.32. The molecule has 0 saturated carbocycles. The lowest BCUT2D eigenvalue weighted by molar-refractivity contribution is 1.07. The van der Waals surface area contributed by atoms with Crippen molar-refractivity contribution < 1.29 is 0 Å². The Morgan fingerprint density at radius 2 is 1.62 bits per heavy atom. The van der Waals surface area contributed by atoms with E-state index in [1.165, 1.54) is 0 Å². The summed E-state index contributed by atoms with van der Waals surface area (Å²) in [5.74, 6) is 0. The highest BCUT2D eigenvalue weighted by Gasteiger charge is 2.06. The lowest BCUT2D eigenvalue weighted by Gasteiger charge is -2.10. The Labute approximate surface area is 137 Å². The van der Waals surface area contributed by atoms with Gasteiger partial charge in [-0.25, -0.2) is 0 Å². The monoisotopic (exact) mass is 336 g/mol. The van der Waals surface area contributed by atoms with E-state index in [2.05, 4.69) is 16.4 Å². The van der Waals surface area contributed by atoms with Crippen LogP contribution in [0.2, 0.25) is 15.1 Å². The van der Waals surface area contributed by atoms with Crippen LogP contribution in [0.4, 0.5) is 5.69 Å². The van der Waals surface area contributed by atoms with Gasteiger partial charge in [-0.15, -0.1) is 0 Å². The highest BCUT2D eigenvalue weighted by atomic mass is 35.5. The molecule has 0 fully saturated rings. The third-order valence-electron chi connectivity index (χ3n) is 3.13. The second-order valence-corrected chi connectivity index (χ2v) is 5.82. The summed E-state index contributed by atoms with van der Waals surface area (Å²) in [7, 11) is 0. The number of hydrogen-bond acceptors (Lipinski definition) is 2. The average Bonchev–Trinajstić information content (AvgIpc) is 2.49. The van der Waals surface area contributed by atoms with E-state index in [4.69, 9.17) is 34.8 Å². The molecule has 106 valence electrons. The molecule has 0 amide bonds. The number of anilines is 1. The number of nitrogens with one attached hydrogen (secondary N) is 1. The predicted octanol–water partition coefficient (Wildman–Crippen LogP) is 5.81.